The number of ether oxygens (including phenoxy) is 1. The van der Waals surface area contributed by atoms with E-state index in [0.29, 0.717) is 5.56 Å². The molecule has 23 heavy (non-hydrogen) atoms. The molecule has 0 aliphatic rings. The van der Waals surface area contributed by atoms with Crippen molar-refractivity contribution in [1.82, 2.24) is 10.7 Å². The summed E-state index contributed by atoms with van der Waals surface area (Å²) in [6.07, 6.45) is 1.29. The molecule has 124 valence electrons. The predicted octanol–water partition coefficient (Wildman–Crippen LogP) is 0.778. The van der Waals surface area contributed by atoms with E-state index in [2.05, 4.69) is 15.8 Å². The topological polar surface area (TPSA) is 117 Å². The van der Waals surface area contributed by atoms with Crippen molar-refractivity contribution in [3.05, 3.63) is 28.8 Å². The molecule has 0 fully saturated rings. The van der Waals surface area contributed by atoms with Crippen molar-refractivity contribution in [1.29, 1.82) is 0 Å². The molecule has 0 unspecified atom stereocenters. The van der Waals surface area contributed by atoms with Gasteiger partial charge in [0.25, 0.3) is 0 Å². The first-order valence-electron chi connectivity index (χ1n) is 6.57. The maximum absolute atomic E-state index is 11.4. The number of hydrazone groups is 1. The summed E-state index contributed by atoms with van der Waals surface area (Å²) in [5.41, 5.74) is 2.61. The number of aliphatic carboxylic acids is 1. The van der Waals surface area contributed by atoms with Crippen molar-refractivity contribution >= 4 is 35.6 Å². The Morgan fingerprint density at radius 2 is 2.04 bits per heavy atom. The highest BCUT2D eigenvalue weighted by atomic mass is 35.5. The number of amides is 2. The van der Waals surface area contributed by atoms with Crippen LogP contribution < -0.4 is 15.5 Å². The lowest BCUT2D eigenvalue weighted by molar-refractivity contribution is -0.139. The van der Waals surface area contributed by atoms with Crippen molar-refractivity contribution in [2.24, 2.45) is 5.10 Å². The van der Waals surface area contributed by atoms with Crippen LogP contribution in [0.5, 0.6) is 5.75 Å². The second-order valence-electron chi connectivity index (χ2n) is 4.70. The molecule has 1 aromatic rings. The summed E-state index contributed by atoms with van der Waals surface area (Å²) in [7, 11) is 0. The molecule has 0 aromatic heterocycles. The molecule has 0 heterocycles. The molecule has 0 atom stereocenters. The summed E-state index contributed by atoms with van der Waals surface area (Å²) < 4.78 is 4.97. The van der Waals surface area contributed by atoms with Gasteiger partial charge in [-0.25, -0.2) is 10.2 Å². The first-order chi connectivity index (χ1) is 10.8. The number of hydrogen-bond donors (Lipinski definition) is 3. The summed E-state index contributed by atoms with van der Waals surface area (Å²) in [6, 6.07) is 4.35. The lowest BCUT2D eigenvalue weighted by Gasteiger charge is -2.06. The van der Waals surface area contributed by atoms with Crippen LogP contribution in [0.3, 0.4) is 0 Å². The Labute approximate surface area is 137 Å². The van der Waals surface area contributed by atoms with Gasteiger partial charge in [0.2, 0.25) is 0 Å². The number of nitrogens with zero attached hydrogens (tertiary/aromatic N) is 1. The molecule has 1 aromatic carbocycles. The molecular formula is C14H16ClN3O5. The first-order valence-corrected chi connectivity index (χ1v) is 6.95. The molecule has 0 aliphatic carbocycles. The van der Waals surface area contributed by atoms with E-state index in [4.69, 9.17) is 21.4 Å². The van der Waals surface area contributed by atoms with Gasteiger partial charge in [0.15, 0.2) is 6.61 Å². The van der Waals surface area contributed by atoms with Crippen molar-refractivity contribution in [2.45, 2.75) is 19.9 Å². The number of carbonyl (C=O) groups is 3. The largest absolute Gasteiger partial charge is 0.480 e. The first kappa shape index (κ1) is 18.4. The van der Waals surface area contributed by atoms with Crippen LogP contribution in [0, 0.1) is 0 Å². The summed E-state index contributed by atoms with van der Waals surface area (Å²) in [5.74, 6) is -2.57. The minimum absolute atomic E-state index is 0.158. The van der Waals surface area contributed by atoms with Crippen molar-refractivity contribution in [2.75, 3.05) is 6.61 Å². The molecule has 3 N–H and O–H groups in total. The van der Waals surface area contributed by atoms with Crippen LogP contribution in [-0.2, 0) is 14.4 Å². The van der Waals surface area contributed by atoms with Gasteiger partial charge >= 0.3 is 17.8 Å². The zero-order valence-electron chi connectivity index (χ0n) is 12.5. The molecule has 0 bridgehead atoms. The quantitative estimate of drug-likeness (QED) is 0.401. The Morgan fingerprint density at radius 1 is 1.35 bits per heavy atom. The average molecular weight is 342 g/mol. The second-order valence-corrected chi connectivity index (χ2v) is 5.11. The number of carboxylic acids is 1. The van der Waals surface area contributed by atoms with Gasteiger partial charge < -0.3 is 15.2 Å². The fourth-order valence-corrected chi connectivity index (χ4v) is 1.64. The van der Waals surface area contributed by atoms with E-state index in [1.165, 1.54) is 18.3 Å². The number of rotatable bonds is 6. The Balaban J connectivity index is 2.60. The number of nitrogens with one attached hydrogen (secondary N) is 2. The lowest BCUT2D eigenvalue weighted by atomic mass is 10.2. The predicted molar refractivity (Wildman–Crippen MR) is 83.6 cm³/mol. The summed E-state index contributed by atoms with van der Waals surface area (Å²) in [6.45, 7) is 2.95. The number of halogens is 1. The average Bonchev–Trinajstić information content (AvgIpc) is 2.45. The Morgan fingerprint density at radius 3 is 2.61 bits per heavy atom. The minimum Gasteiger partial charge on any atom is -0.480 e. The molecule has 0 spiro atoms. The van der Waals surface area contributed by atoms with Gasteiger partial charge in [-0.1, -0.05) is 11.6 Å². The van der Waals surface area contributed by atoms with E-state index in [9.17, 15) is 14.4 Å². The molecular weight excluding hydrogens is 326 g/mol. The van der Waals surface area contributed by atoms with Crippen LogP contribution >= 0.6 is 11.6 Å². The van der Waals surface area contributed by atoms with Crippen molar-refractivity contribution in [3.63, 3.8) is 0 Å². The third kappa shape index (κ3) is 6.79. The SMILES string of the molecule is CC(C)NC(=O)C(=O)N/N=C\c1ccc(OCC(=O)O)c(Cl)c1. The maximum Gasteiger partial charge on any atom is 0.341 e. The van der Waals surface area contributed by atoms with E-state index >= 15 is 0 Å². The monoisotopic (exact) mass is 341 g/mol. The van der Waals surface area contributed by atoms with Crippen molar-refractivity contribution < 1.29 is 24.2 Å². The van der Waals surface area contributed by atoms with Crippen LogP contribution in [0.2, 0.25) is 5.02 Å². The number of benzene rings is 1. The van der Waals surface area contributed by atoms with Gasteiger partial charge in [0, 0.05) is 6.04 Å². The fraction of sp³-hybridized carbons (Fsp3) is 0.286. The molecule has 8 nitrogen and oxygen atoms in total. The van der Waals surface area contributed by atoms with Crippen LogP contribution in [-0.4, -0.2) is 41.8 Å². The number of carboxylic acid groups (broad SMARTS) is 1. The highest BCUT2D eigenvalue weighted by molar-refractivity contribution is 6.35. The third-order valence-corrected chi connectivity index (χ3v) is 2.61. The van der Waals surface area contributed by atoms with Crippen LogP contribution in [0.15, 0.2) is 23.3 Å². The lowest BCUT2D eigenvalue weighted by Crippen LogP contribution is -2.41. The number of carbonyl (C=O) groups excluding carboxylic acids is 2. The number of hydrogen-bond acceptors (Lipinski definition) is 5. The minimum atomic E-state index is -1.12. The third-order valence-electron chi connectivity index (χ3n) is 2.31. The van der Waals surface area contributed by atoms with Gasteiger partial charge in [-0.2, -0.15) is 5.10 Å². The molecule has 0 saturated heterocycles. The molecule has 0 aliphatic heterocycles. The van der Waals surface area contributed by atoms with Gasteiger partial charge in [0.1, 0.15) is 5.75 Å². The van der Waals surface area contributed by atoms with Gasteiger partial charge in [0.05, 0.1) is 11.2 Å². The van der Waals surface area contributed by atoms with Crippen LogP contribution in [0.1, 0.15) is 19.4 Å². The van der Waals surface area contributed by atoms with Crippen molar-refractivity contribution in [3.8, 4) is 5.75 Å². The molecule has 0 radical (unpaired) electrons. The highest BCUT2D eigenvalue weighted by Crippen LogP contribution is 2.24. The zero-order chi connectivity index (χ0) is 17.4. The van der Waals surface area contributed by atoms with Gasteiger partial charge in [-0.3, -0.25) is 9.59 Å². The normalized spacial score (nSPS) is 10.6. The highest BCUT2D eigenvalue weighted by Gasteiger charge is 2.13. The molecule has 1 rings (SSSR count). The molecule has 2 amide bonds. The smallest absolute Gasteiger partial charge is 0.341 e. The molecule has 0 saturated carbocycles. The zero-order valence-corrected chi connectivity index (χ0v) is 13.3. The summed E-state index contributed by atoms with van der Waals surface area (Å²) in [5, 5.41) is 14.8. The van der Waals surface area contributed by atoms with E-state index in [1.807, 2.05) is 0 Å². The maximum atomic E-state index is 11.4. The van der Waals surface area contributed by atoms with Crippen LogP contribution in [0.4, 0.5) is 0 Å². The van der Waals surface area contributed by atoms with E-state index in [0.717, 1.165) is 0 Å². The van der Waals surface area contributed by atoms with Crippen LogP contribution in [0.25, 0.3) is 0 Å². The molecule has 9 heteroatoms. The fourth-order valence-electron chi connectivity index (χ4n) is 1.40. The van der Waals surface area contributed by atoms with Gasteiger partial charge in [-0.15, -0.1) is 0 Å². The van der Waals surface area contributed by atoms with Gasteiger partial charge in [-0.05, 0) is 37.6 Å². The van der Waals surface area contributed by atoms with E-state index in [-0.39, 0.29) is 16.8 Å². The standard InChI is InChI=1S/C14H16ClN3O5/c1-8(2)17-13(21)14(22)18-16-6-9-3-4-11(10(15)5-9)23-7-12(19)20/h3-6,8H,7H2,1-2H3,(H,17,21)(H,18,22)(H,19,20)/b16-6-. The Hall–Kier alpha value is -2.61. The summed E-state index contributed by atoms with van der Waals surface area (Å²) in [4.78, 5) is 33.2. The van der Waals surface area contributed by atoms with E-state index in [1.54, 1.807) is 19.9 Å². The Bertz CT molecular complexity index is 631. The summed E-state index contributed by atoms with van der Waals surface area (Å²) >= 11 is 5.93. The Kier molecular flexibility index (Phi) is 7.01. The second kappa shape index (κ2) is 8.74. The van der Waals surface area contributed by atoms with E-state index < -0.39 is 24.4 Å².